The summed E-state index contributed by atoms with van der Waals surface area (Å²) >= 11 is 0. The standard InChI is InChI=1S/C16H21N3O4/c1-16(2,3)23-15(21)19-9-6-11(7-10-19)12-5-8-17-13(18-12)14(20)22-4/h5-6,8H,7,9-10H2,1-4H3. The third-order valence-corrected chi connectivity index (χ3v) is 3.21. The lowest BCUT2D eigenvalue weighted by Crippen LogP contribution is -2.39. The second-order valence-electron chi connectivity index (χ2n) is 6.16. The van der Waals surface area contributed by atoms with E-state index in [1.165, 1.54) is 13.3 Å². The van der Waals surface area contributed by atoms with E-state index in [1.54, 1.807) is 11.0 Å². The summed E-state index contributed by atoms with van der Waals surface area (Å²) in [5.41, 5.74) is 1.13. The number of carbonyl (C=O) groups excluding carboxylic acids is 2. The molecule has 0 radical (unpaired) electrons. The fraction of sp³-hybridized carbons (Fsp3) is 0.500. The minimum atomic E-state index is -0.571. The predicted molar refractivity (Wildman–Crippen MR) is 83.8 cm³/mol. The molecule has 0 atom stereocenters. The minimum Gasteiger partial charge on any atom is -0.463 e. The first-order valence-electron chi connectivity index (χ1n) is 7.39. The summed E-state index contributed by atoms with van der Waals surface area (Å²) in [6.45, 7) is 6.50. The number of nitrogens with zero attached hydrogens (tertiary/aromatic N) is 3. The number of esters is 1. The number of hydrogen-bond donors (Lipinski definition) is 0. The lowest BCUT2D eigenvalue weighted by Gasteiger charge is -2.29. The van der Waals surface area contributed by atoms with Crippen LogP contribution >= 0.6 is 0 Å². The van der Waals surface area contributed by atoms with Gasteiger partial charge in [0.25, 0.3) is 0 Å². The largest absolute Gasteiger partial charge is 0.463 e. The quantitative estimate of drug-likeness (QED) is 0.778. The van der Waals surface area contributed by atoms with Crippen molar-refractivity contribution in [2.24, 2.45) is 0 Å². The highest BCUT2D eigenvalue weighted by Gasteiger charge is 2.24. The van der Waals surface area contributed by atoms with Gasteiger partial charge in [-0.1, -0.05) is 6.08 Å². The summed E-state index contributed by atoms with van der Waals surface area (Å²) in [6, 6.07) is 1.74. The number of rotatable bonds is 2. The fourth-order valence-corrected chi connectivity index (χ4v) is 2.12. The van der Waals surface area contributed by atoms with Crippen molar-refractivity contribution in [1.82, 2.24) is 14.9 Å². The van der Waals surface area contributed by atoms with Gasteiger partial charge in [-0.2, -0.15) is 0 Å². The Hall–Kier alpha value is -2.44. The number of carbonyl (C=O) groups is 2. The Morgan fingerprint density at radius 1 is 1.30 bits per heavy atom. The van der Waals surface area contributed by atoms with E-state index in [0.29, 0.717) is 25.2 Å². The van der Waals surface area contributed by atoms with Crippen molar-refractivity contribution < 1.29 is 19.1 Å². The Bertz CT molecular complexity index is 634. The van der Waals surface area contributed by atoms with E-state index in [2.05, 4.69) is 14.7 Å². The van der Waals surface area contributed by atoms with Crippen molar-refractivity contribution in [3.63, 3.8) is 0 Å². The van der Waals surface area contributed by atoms with Gasteiger partial charge in [0.05, 0.1) is 12.8 Å². The van der Waals surface area contributed by atoms with Crippen molar-refractivity contribution in [3.05, 3.63) is 29.9 Å². The molecule has 0 bridgehead atoms. The van der Waals surface area contributed by atoms with Gasteiger partial charge in [0.2, 0.25) is 5.82 Å². The maximum absolute atomic E-state index is 12.0. The van der Waals surface area contributed by atoms with Crippen molar-refractivity contribution in [2.75, 3.05) is 20.2 Å². The average molecular weight is 319 g/mol. The molecule has 0 N–H and O–H groups in total. The molecule has 1 aliphatic heterocycles. The van der Waals surface area contributed by atoms with E-state index in [4.69, 9.17) is 4.74 Å². The van der Waals surface area contributed by atoms with E-state index < -0.39 is 11.6 Å². The molecule has 0 unspecified atom stereocenters. The molecule has 0 saturated heterocycles. The van der Waals surface area contributed by atoms with Crippen LogP contribution in [0.2, 0.25) is 0 Å². The van der Waals surface area contributed by atoms with Crippen LogP contribution in [0.15, 0.2) is 18.3 Å². The van der Waals surface area contributed by atoms with Crippen LogP contribution in [0.25, 0.3) is 5.57 Å². The summed E-state index contributed by atoms with van der Waals surface area (Å²) in [6.07, 6.45) is 3.74. The summed E-state index contributed by atoms with van der Waals surface area (Å²) in [4.78, 5) is 33.2. The molecule has 2 rings (SSSR count). The maximum atomic E-state index is 12.0. The Morgan fingerprint density at radius 3 is 2.61 bits per heavy atom. The van der Waals surface area contributed by atoms with Gasteiger partial charge in [-0.25, -0.2) is 19.6 Å². The van der Waals surface area contributed by atoms with Crippen LogP contribution in [0, 0.1) is 0 Å². The van der Waals surface area contributed by atoms with Crippen LogP contribution in [-0.2, 0) is 9.47 Å². The molecule has 7 heteroatoms. The lowest BCUT2D eigenvalue weighted by atomic mass is 10.0. The predicted octanol–water partition coefficient (Wildman–Crippen LogP) is 2.29. The summed E-state index contributed by atoms with van der Waals surface area (Å²) in [5, 5.41) is 0. The Morgan fingerprint density at radius 2 is 2.04 bits per heavy atom. The minimum absolute atomic E-state index is 0.0282. The van der Waals surface area contributed by atoms with Crippen LogP contribution in [0.5, 0.6) is 0 Å². The van der Waals surface area contributed by atoms with E-state index in [9.17, 15) is 9.59 Å². The molecule has 1 amide bonds. The van der Waals surface area contributed by atoms with E-state index >= 15 is 0 Å². The van der Waals surface area contributed by atoms with E-state index in [0.717, 1.165) is 5.57 Å². The molecule has 1 aromatic heterocycles. The molecule has 124 valence electrons. The molecule has 1 aliphatic rings. The molecule has 7 nitrogen and oxygen atoms in total. The zero-order valence-electron chi connectivity index (χ0n) is 13.8. The number of hydrogen-bond acceptors (Lipinski definition) is 6. The fourth-order valence-electron chi connectivity index (χ4n) is 2.12. The summed E-state index contributed by atoms with van der Waals surface area (Å²) in [7, 11) is 1.29. The van der Waals surface area contributed by atoms with Crippen LogP contribution in [0.3, 0.4) is 0 Å². The van der Waals surface area contributed by atoms with Crippen LogP contribution < -0.4 is 0 Å². The molecule has 0 fully saturated rings. The highest BCUT2D eigenvalue weighted by atomic mass is 16.6. The Kier molecular flexibility index (Phi) is 4.98. The molecule has 2 heterocycles. The number of methoxy groups -OCH3 is 1. The second-order valence-corrected chi connectivity index (χ2v) is 6.16. The molecule has 0 saturated carbocycles. The van der Waals surface area contributed by atoms with Crippen molar-refractivity contribution >= 4 is 17.6 Å². The van der Waals surface area contributed by atoms with Crippen molar-refractivity contribution in [3.8, 4) is 0 Å². The molecule has 23 heavy (non-hydrogen) atoms. The van der Waals surface area contributed by atoms with Crippen molar-refractivity contribution in [2.45, 2.75) is 32.8 Å². The summed E-state index contributed by atoms with van der Waals surface area (Å²) < 4.78 is 9.97. The van der Waals surface area contributed by atoms with Gasteiger partial charge in [0.15, 0.2) is 0 Å². The highest BCUT2D eigenvalue weighted by molar-refractivity contribution is 5.85. The third kappa shape index (κ3) is 4.51. The average Bonchev–Trinajstić information content (AvgIpc) is 2.53. The molecule has 0 spiro atoms. The van der Waals surface area contributed by atoms with Gasteiger partial charge in [-0.05, 0) is 38.8 Å². The maximum Gasteiger partial charge on any atom is 0.410 e. The van der Waals surface area contributed by atoms with Crippen LogP contribution in [-0.4, -0.2) is 52.7 Å². The molecular formula is C16H21N3O4. The van der Waals surface area contributed by atoms with Gasteiger partial charge < -0.3 is 14.4 Å². The van der Waals surface area contributed by atoms with E-state index in [-0.39, 0.29) is 11.9 Å². The van der Waals surface area contributed by atoms with Gasteiger partial charge in [0.1, 0.15) is 5.60 Å². The first-order chi connectivity index (χ1) is 10.8. The Balaban J connectivity index is 2.07. The number of aromatic nitrogens is 2. The number of amides is 1. The first kappa shape index (κ1) is 16.9. The molecule has 1 aromatic rings. The normalized spacial score (nSPS) is 15.0. The zero-order chi connectivity index (χ0) is 17.0. The monoisotopic (exact) mass is 319 g/mol. The Labute approximate surface area is 135 Å². The van der Waals surface area contributed by atoms with Gasteiger partial charge in [-0.15, -0.1) is 0 Å². The lowest BCUT2D eigenvalue weighted by molar-refractivity contribution is 0.0270. The molecule has 0 aliphatic carbocycles. The number of ether oxygens (including phenoxy) is 2. The van der Waals surface area contributed by atoms with Crippen LogP contribution in [0.4, 0.5) is 4.79 Å². The zero-order valence-corrected chi connectivity index (χ0v) is 13.8. The SMILES string of the molecule is COC(=O)c1nccc(C2=CCN(C(=O)OC(C)(C)C)CC2)n1. The molecular weight excluding hydrogens is 298 g/mol. The van der Waals surface area contributed by atoms with Crippen molar-refractivity contribution in [1.29, 1.82) is 0 Å². The van der Waals surface area contributed by atoms with Crippen LogP contribution in [0.1, 0.15) is 43.5 Å². The first-order valence-corrected chi connectivity index (χ1v) is 7.39. The second kappa shape index (κ2) is 6.76. The van der Waals surface area contributed by atoms with Gasteiger partial charge in [0, 0.05) is 19.3 Å². The smallest absolute Gasteiger partial charge is 0.410 e. The van der Waals surface area contributed by atoms with Gasteiger partial charge in [-0.3, -0.25) is 0 Å². The molecule has 0 aromatic carbocycles. The van der Waals surface area contributed by atoms with E-state index in [1.807, 2.05) is 26.8 Å². The highest BCUT2D eigenvalue weighted by Crippen LogP contribution is 2.22. The third-order valence-electron chi connectivity index (χ3n) is 3.21. The summed E-state index contributed by atoms with van der Waals surface area (Å²) in [5.74, 6) is -0.542. The topological polar surface area (TPSA) is 81.6 Å². The van der Waals surface area contributed by atoms with Gasteiger partial charge >= 0.3 is 12.1 Å².